The number of allylic oxidation sites excluding steroid dienone is 2. The van der Waals surface area contributed by atoms with E-state index in [9.17, 15) is 9.59 Å². The van der Waals surface area contributed by atoms with Crippen molar-refractivity contribution < 1.29 is 9.59 Å². The number of nitrogens with one attached hydrogen (secondary N) is 3. The molecule has 0 spiro atoms. The number of rotatable bonds is 8. The van der Waals surface area contributed by atoms with E-state index in [1.165, 1.54) is 26.9 Å². The molecular weight excluding hydrogens is 414 g/mol. The number of benzene rings is 1. The lowest BCUT2D eigenvalue weighted by Crippen LogP contribution is -2.38. The van der Waals surface area contributed by atoms with Crippen LogP contribution in [0.15, 0.2) is 41.5 Å². The van der Waals surface area contributed by atoms with Crippen molar-refractivity contribution in [2.45, 2.75) is 33.1 Å². The smallest absolute Gasteiger partial charge is 0.233 e. The summed E-state index contributed by atoms with van der Waals surface area (Å²) in [7, 11) is 0. The second kappa shape index (κ2) is 9.04. The quantitative estimate of drug-likeness (QED) is 0.191. The number of aromatic nitrogens is 1. The van der Waals surface area contributed by atoms with Crippen LogP contribution in [0.2, 0.25) is 0 Å². The highest BCUT2D eigenvalue weighted by Gasteiger charge is 2.58. The summed E-state index contributed by atoms with van der Waals surface area (Å²) in [6, 6.07) is 6.48. The fraction of sp³-hybridized carbons (Fsp3) is 0.500. The van der Waals surface area contributed by atoms with Gasteiger partial charge in [0, 0.05) is 43.3 Å². The van der Waals surface area contributed by atoms with Crippen molar-refractivity contribution in [3.8, 4) is 0 Å². The van der Waals surface area contributed by atoms with Gasteiger partial charge in [-0.05, 0) is 62.1 Å². The molecule has 0 radical (unpaired) electrons. The van der Waals surface area contributed by atoms with Crippen molar-refractivity contribution in [2.24, 2.45) is 28.7 Å². The maximum Gasteiger partial charge on any atom is 0.233 e. The van der Waals surface area contributed by atoms with Gasteiger partial charge in [0.05, 0.1) is 11.8 Å². The fourth-order valence-corrected chi connectivity index (χ4v) is 5.77. The van der Waals surface area contributed by atoms with Crippen LogP contribution in [0.4, 0.5) is 0 Å². The molecule has 2 amide bonds. The Bertz CT molecular complexity index is 1090. The number of aryl methyl sites for hydroxylation is 1. The Hall–Kier alpha value is -3.09. The summed E-state index contributed by atoms with van der Waals surface area (Å²) in [5, 5.41) is 7.95. The third kappa shape index (κ3) is 4.05. The minimum atomic E-state index is -0.108. The molecule has 5 rings (SSSR count). The van der Waals surface area contributed by atoms with E-state index in [2.05, 4.69) is 64.1 Å². The Kier molecular flexibility index (Phi) is 5.96. The number of guanidine groups is 1. The molecule has 174 valence electrons. The number of likely N-dealkylation sites (tertiary alicyclic amines) is 1. The van der Waals surface area contributed by atoms with Crippen LogP contribution in [0.1, 0.15) is 30.9 Å². The largest absolute Gasteiger partial charge is 0.361 e. The van der Waals surface area contributed by atoms with E-state index in [1.807, 2.05) is 6.92 Å². The number of nitrogens with zero attached hydrogens (tertiary/aromatic N) is 2. The molecule has 4 atom stereocenters. The molecule has 33 heavy (non-hydrogen) atoms. The third-order valence-corrected chi connectivity index (χ3v) is 7.33. The SMILES string of the molecule is CCNC(=NCCCN1C(=O)C2C3C=CC(C3)C2C1=O)NCCc1c[nH]c2cc(C)ccc12. The summed E-state index contributed by atoms with van der Waals surface area (Å²) < 4.78 is 0. The Labute approximate surface area is 194 Å². The Morgan fingerprint density at radius 3 is 2.64 bits per heavy atom. The van der Waals surface area contributed by atoms with E-state index in [-0.39, 0.29) is 35.5 Å². The van der Waals surface area contributed by atoms with Gasteiger partial charge < -0.3 is 15.6 Å². The Morgan fingerprint density at radius 1 is 1.15 bits per heavy atom. The van der Waals surface area contributed by atoms with Crippen LogP contribution in [-0.4, -0.2) is 53.8 Å². The fourth-order valence-electron chi connectivity index (χ4n) is 5.77. The van der Waals surface area contributed by atoms with Crippen molar-refractivity contribution in [1.29, 1.82) is 0 Å². The summed E-state index contributed by atoms with van der Waals surface area (Å²) in [6.07, 6.45) is 8.90. The standard InChI is InChI=1S/C26H33N5O2/c1-3-27-26(29-11-9-19-15-30-21-13-16(2)5-8-20(19)21)28-10-4-12-31-24(32)22-17-6-7-18(14-17)23(22)25(31)33/h5-8,13,15,17-18,22-23,30H,3-4,9-12,14H2,1-2H3,(H2,27,28,29). The summed E-state index contributed by atoms with van der Waals surface area (Å²) in [6.45, 7) is 6.72. The number of imide groups is 1. The summed E-state index contributed by atoms with van der Waals surface area (Å²) in [4.78, 5) is 35.1. The maximum atomic E-state index is 12.8. The van der Waals surface area contributed by atoms with Gasteiger partial charge in [-0.1, -0.05) is 24.3 Å². The monoisotopic (exact) mass is 447 g/mol. The molecule has 4 unspecified atom stereocenters. The molecule has 2 heterocycles. The maximum absolute atomic E-state index is 12.8. The molecule has 1 aromatic carbocycles. The number of aromatic amines is 1. The lowest BCUT2D eigenvalue weighted by Gasteiger charge is -2.17. The molecule has 2 aliphatic carbocycles. The number of carbonyl (C=O) groups is 2. The van der Waals surface area contributed by atoms with E-state index in [0.29, 0.717) is 19.5 Å². The van der Waals surface area contributed by atoms with Crippen molar-refractivity contribution in [3.63, 3.8) is 0 Å². The lowest BCUT2D eigenvalue weighted by atomic mass is 9.85. The number of hydrogen-bond acceptors (Lipinski definition) is 3. The molecular formula is C26H33N5O2. The van der Waals surface area contributed by atoms with Crippen molar-refractivity contribution >= 4 is 28.7 Å². The minimum Gasteiger partial charge on any atom is -0.361 e. The van der Waals surface area contributed by atoms with Gasteiger partial charge in [0.25, 0.3) is 0 Å². The molecule has 2 bridgehead atoms. The predicted octanol–water partition coefficient (Wildman–Crippen LogP) is 2.77. The summed E-state index contributed by atoms with van der Waals surface area (Å²) in [5.41, 5.74) is 3.71. The summed E-state index contributed by atoms with van der Waals surface area (Å²) >= 11 is 0. The molecule has 7 heteroatoms. The number of H-pyrrole nitrogens is 1. The van der Waals surface area contributed by atoms with Gasteiger partial charge in [0.15, 0.2) is 5.96 Å². The normalized spacial score (nSPS) is 26.0. The van der Waals surface area contributed by atoms with Gasteiger partial charge in [0.2, 0.25) is 11.8 Å². The number of carbonyl (C=O) groups excluding carboxylic acids is 2. The second-order valence-electron chi connectivity index (χ2n) is 9.48. The van der Waals surface area contributed by atoms with E-state index >= 15 is 0 Å². The molecule has 2 fully saturated rings. The summed E-state index contributed by atoms with van der Waals surface area (Å²) in [5.74, 6) is 1.16. The first-order valence-corrected chi connectivity index (χ1v) is 12.2. The van der Waals surface area contributed by atoms with E-state index in [0.717, 1.165) is 31.9 Å². The Morgan fingerprint density at radius 2 is 1.91 bits per heavy atom. The molecule has 1 aromatic heterocycles. The van der Waals surface area contributed by atoms with Gasteiger partial charge in [-0.25, -0.2) is 0 Å². The average molecular weight is 448 g/mol. The second-order valence-corrected chi connectivity index (χ2v) is 9.48. The topological polar surface area (TPSA) is 89.6 Å². The number of hydrogen-bond donors (Lipinski definition) is 3. The molecule has 1 saturated heterocycles. The van der Waals surface area contributed by atoms with Crippen LogP contribution < -0.4 is 10.6 Å². The first-order valence-electron chi connectivity index (χ1n) is 12.2. The molecule has 1 saturated carbocycles. The van der Waals surface area contributed by atoms with Crippen molar-refractivity contribution in [1.82, 2.24) is 20.5 Å². The molecule has 7 nitrogen and oxygen atoms in total. The van der Waals surface area contributed by atoms with Crippen molar-refractivity contribution in [3.05, 3.63) is 47.7 Å². The van der Waals surface area contributed by atoms with Crippen LogP contribution in [0.3, 0.4) is 0 Å². The van der Waals surface area contributed by atoms with Gasteiger partial charge in [-0.15, -0.1) is 0 Å². The molecule has 1 aliphatic heterocycles. The van der Waals surface area contributed by atoms with Gasteiger partial charge >= 0.3 is 0 Å². The van der Waals surface area contributed by atoms with Crippen LogP contribution in [-0.2, 0) is 16.0 Å². The van der Waals surface area contributed by atoms with E-state index in [4.69, 9.17) is 0 Å². The molecule has 3 aliphatic rings. The van der Waals surface area contributed by atoms with Crippen LogP contribution in [0.5, 0.6) is 0 Å². The first-order chi connectivity index (χ1) is 16.1. The van der Waals surface area contributed by atoms with Gasteiger partial charge in [-0.3, -0.25) is 19.5 Å². The van der Waals surface area contributed by atoms with Gasteiger partial charge in [0.1, 0.15) is 0 Å². The first kappa shape index (κ1) is 21.7. The third-order valence-electron chi connectivity index (χ3n) is 7.33. The van der Waals surface area contributed by atoms with E-state index < -0.39 is 0 Å². The van der Waals surface area contributed by atoms with Crippen LogP contribution >= 0.6 is 0 Å². The lowest BCUT2D eigenvalue weighted by molar-refractivity contribution is -0.140. The Balaban J connectivity index is 1.11. The van der Waals surface area contributed by atoms with Crippen molar-refractivity contribution in [2.75, 3.05) is 26.2 Å². The zero-order valence-corrected chi connectivity index (χ0v) is 19.4. The average Bonchev–Trinajstić information content (AvgIpc) is 3.56. The van der Waals surface area contributed by atoms with E-state index in [1.54, 1.807) is 0 Å². The van der Waals surface area contributed by atoms with Crippen LogP contribution in [0, 0.1) is 30.6 Å². The molecule has 2 aromatic rings. The highest BCUT2D eigenvalue weighted by molar-refractivity contribution is 6.06. The molecule has 3 N–H and O–H groups in total. The number of aliphatic imine (C=N–C) groups is 1. The zero-order valence-electron chi connectivity index (χ0n) is 19.4. The number of amides is 2. The number of fused-ring (bicyclic) bond motifs is 6. The predicted molar refractivity (Wildman–Crippen MR) is 130 cm³/mol. The van der Waals surface area contributed by atoms with Crippen LogP contribution in [0.25, 0.3) is 10.9 Å². The zero-order chi connectivity index (χ0) is 22.9. The minimum absolute atomic E-state index is 0.0322. The van der Waals surface area contributed by atoms with Gasteiger partial charge in [-0.2, -0.15) is 0 Å². The highest BCUT2D eigenvalue weighted by atomic mass is 16.2. The highest BCUT2D eigenvalue weighted by Crippen LogP contribution is 2.52.